The molecule has 0 aromatic carbocycles. The summed E-state index contributed by atoms with van der Waals surface area (Å²) in [6, 6.07) is 8.52. The molecule has 5 nitrogen and oxygen atoms in total. The Morgan fingerprint density at radius 2 is 2.24 bits per heavy atom. The van der Waals surface area contributed by atoms with E-state index in [1.165, 1.54) is 10.9 Å². The van der Waals surface area contributed by atoms with Crippen molar-refractivity contribution >= 4 is 5.90 Å². The van der Waals surface area contributed by atoms with E-state index in [-0.39, 0.29) is 12.3 Å². The lowest BCUT2D eigenvalue weighted by atomic mass is 10.3. The van der Waals surface area contributed by atoms with Crippen LogP contribution in [0.5, 0.6) is 0 Å². The lowest BCUT2D eigenvalue weighted by Gasteiger charge is -2.04. The highest BCUT2D eigenvalue weighted by molar-refractivity contribution is 5.87. The van der Waals surface area contributed by atoms with Crippen LogP contribution in [0.2, 0.25) is 0 Å². The molecule has 0 saturated heterocycles. The highest BCUT2D eigenvalue weighted by Crippen LogP contribution is 1.94. The predicted molar refractivity (Wildman–Crippen MR) is 58.7 cm³/mol. The van der Waals surface area contributed by atoms with Gasteiger partial charge in [-0.2, -0.15) is 0 Å². The van der Waals surface area contributed by atoms with Crippen LogP contribution in [-0.4, -0.2) is 16.0 Å². The first-order valence-corrected chi connectivity index (χ1v) is 5.08. The van der Waals surface area contributed by atoms with E-state index in [0.29, 0.717) is 5.56 Å². The number of rotatable bonds is 3. The Morgan fingerprint density at radius 1 is 1.35 bits per heavy atom. The van der Waals surface area contributed by atoms with Crippen LogP contribution in [-0.2, 0) is 6.61 Å². The van der Waals surface area contributed by atoms with Crippen LogP contribution in [0, 0.1) is 0 Å². The summed E-state index contributed by atoms with van der Waals surface area (Å²) in [6.45, 7) is -0.0891. The molecule has 0 bridgehead atoms. The Hall–Kier alpha value is -2.27. The van der Waals surface area contributed by atoms with Crippen molar-refractivity contribution in [1.29, 1.82) is 0 Å². The van der Waals surface area contributed by atoms with Gasteiger partial charge in [-0.05, 0) is 23.3 Å². The molecule has 17 heavy (non-hydrogen) atoms. The number of hydrogen-bond donors (Lipinski definition) is 1. The van der Waals surface area contributed by atoms with Gasteiger partial charge in [-0.25, -0.2) is 0 Å². The molecule has 2 rings (SSSR count). The van der Waals surface area contributed by atoms with Gasteiger partial charge in [-0.3, -0.25) is 4.98 Å². The molecule has 1 N–H and O–H groups in total. The predicted octanol–water partition coefficient (Wildman–Crippen LogP) is -0.568. The topological polar surface area (TPSA) is 72.4 Å². The molecule has 0 aliphatic carbocycles. The van der Waals surface area contributed by atoms with Crippen LogP contribution < -0.4 is 9.78 Å². The minimum atomic E-state index is -0.425. The Labute approximate surface area is 98.3 Å². The molecule has 0 amide bonds. The molecule has 0 aliphatic rings. The lowest BCUT2D eigenvalue weighted by Crippen LogP contribution is -2.34. The van der Waals surface area contributed by atoms with Gasteiger partial charge in [-0.1, -0.05) is 10.7 Å². The van der Waals surface area contributed by atoms with Crippen LogP contribution in [0.3, 0.4) is 0 Å². The van der Waals surface area contributed by atoms with Crippen molar-refractivity contribution in [3.8, 4) is 0 Å². The highest BCUT2D eigenvalue weighted by Gasteiger charge is 2.01. The summed E-state index contributed by atoms with van der Waals surface area (Å²) in [7, 11) is 0. The molecule has 0 spiro atoms. The van der Waals surface area contributed by atoms with Gasteiger partial charge in [0.1, 0.15) is 0 Å². The second-order valence-electron chi connectivity index (χ2n) is 3.37. The Kier molecular flexibility index (Phi) is 3.42. The third kappa shape index (κ3) is 2.85. The second-order valence-corrected chi connectivity index (χ2v) is 3.37. The first-order chi connectivity index (χ1) is 8.29. The van der Waals surface area contributed by atoms with Crippen molar-refractivity contribution < 1.29 is 14.9 Å². The summed E-state index contributed by atoms with van der Waals surface area (Å²) >= 11 is 0. The van der Waals surface area contributed by atoms with Crippen molar-refractivity contribution in [2.75, 3.05) is 0 Å². The zero-order valence-corrected chi connectivity index (χ0v) is 9.02. The van der Waals surface area contributed by atoms with Gasteiger partial charge in [0.05, 0.1) is 18.2 Å². The number of nitrogens with zero attached hydrogens (tertiary/aromatic N) is 3. The maximum atomic E-state index is 11.7. The Balaban J connectivity index is 2.29. The van der Waals surface area contributed by atoms with Crippen molar-refractivity contribution in [3.63, 3.8) is 0 Å². The van der Waals surface area contributed by atoms with Crippen molar-refractivity contribution in [2.24, 2.45) is 5.10 Å². The summed E-state index contributed by atoms with van der Waals surface area (Å²) in [6.07, 6.45) is 4.75. The van der Waals surface area contributed by atoms with Crippen molar-refractivity contribution in [1.82, 2.24) is 4.98 Å². The van der Waals surface area contributed by atoms with Gasteiger partial charge >= 0.3 is 0 Å². The highest BCUT2D eigenvalue weighted by atomic mass is 16.3. The van der Waals surface area contributed by atoms with E-state index in [9.17, 15) is 5.11 Å². The van der Waals surface area contributed by atoms with Crippen LogP contribution in [0.15, 0.2) is 54.0 Å². The van der Waals surface area contributed by atoms with Crippen LogP contribution >= 0.6 is 0 Å². The molecule has 2 aromatic heterocycles. The molecule has 0 aliphatic heterocycles. The van der Waals surface area contributed by atoms with Crippen LogP contribution in [0.25, 0.3) is 0 Å². The first kappa shape index (κ1) is 11.2. The van der Waals surface area contributed by atoms with Gasteiger partial charge in [0.15, 0.2) is 0 Å². The molecule has 0 atom stereocenters. The smallest absolute Gasteiger partial charge is 0.207 e. The number of aromatic nitrogens is 2. The Morgan fingerprint density at radius 3 is 2.94 bits per heavy atom. The third-order valence-electron chi connectivity index (χ3n) is 2.12. The maximum absolute atomic E-state index is 11.7. The molecule has 5 heteroatoms. The van der Waals surface area contributed by atoms with E-state index in [4.69, 9.17) is 5.11 Å². The zero-order valence-electron chi connectivity index (χ0n) is 9.02. The fourth-order valence-corrected chi connectivity index (χ4v) is 1.31. The summed E-state index contributed by atoms with van der Waals surface area (Å²) in [4.78, 5) is 3.91. The average Bonchev–Trinajstić information content (AvgIpc) is 2.40. The number of hydrogen-bond acceptors (Lipinski definition) is 4. The second kappa shape index (κ2) is 5.18. The normalized spacial score (nSPS) is 11.5. The fourth-order valence-electron chi connectivity index (χ4n) is 1.31. The Bertz CT molecular complexity index is 526. The maximum Gasteiger partial charge on any atom is 0.207 e. The van der Waals surface area contributed by atoms with E-state index in [1.54, 1.807) is 42.7 Å². The summed E-state index contributed by atoms with van der Waals surface area (Å²) in [5.41, 5.74) is 0.972. The van der Waals surface area contributed by atoms with Crippen LogP contribution in [0.4, 0.5) is 0 Å². The molecular weight excluding hydrogens is 218 g/mol. The van der Waals surface area contributed by atoms with Crippen molar-refractivity contribution in [3.05, 3.63) is 60.2 Å². The molecule has 86 valence electrons. The molecule has 0 fully saturated rings. The van der Waals surface area contributed by atoms with E-state index in [2.05, 4.69) is 10.1 Å². The monoisotopic (exact) mass is 229 g/mol. The third-order valence-corrected chi connectivity index (χ3v) is 2.12. The van der Waals surface area contributed by atoms with Gasteiger partial charge in [0.25, 0.3) is 0 Å². The van der Waals surface area contributed by atoms with E-state index in [0.717, 1.165) is 0 Å². The van der Waals surface area contributed by atoms with E-state index >= 15 is 0 Å². The quantitative estimate of drug-likeness (QED) is 0.435. The number of aliphatic hydroxyl groups is 1. The molecule has 0 unspecified atom stereocenters. The molecule has 2 heterocycles. The summed E-state index contributed by atoms with van der Waals surface area (Å²) in [5, 5.41) is 24.5. The van der Waals surface area contributed by atoms with Gasteiger partial charge in [-0.15, -0.1) is 0 Å². The molecule has 0 radical (unpaired) electrons. The van der Waals surface area contributed by atoms with Gasteiger partial charge < -0.3 is 10.2 Å². The first-order valence-electron chi connectivity index (χ1n) is 5.08. The van der Waals surface area contributed by atoms with Crippen LogP contribution in [0.1, 0.15) is 11.3 Å². The van der Waals surface area contributed by atoms with Gasteiger partial charge in [0.2, 0.25) is 12.4 Å². The molecule has 2 aromatic rings. The summed E-state index contributed by atoms with van der Waals surface area (Å²) < 4.78 is 1.36. The summed E-state index contributed by atoms with van der Waals surface area (Å²) in [5.74, 6) is -0.425. The number of pyridine rings is 2. The SMILES string of the molecule is [O-]/C(=N\[n+]1cccc(CO)c1)c1ccccn1. The standard InChI is InChI=1S/C12H11N3O2/c16-9-10-4-3-7-15(8-10)14-12(17)11-5-1-2-6-13-11/h1-8,16H,9H2. The largest absolute Gasteiger partial charge is 0.853 e. The lowest BCUT2D eigenvalue weighted by molar-refractivity contribution is -0.682. The van der Waals surface area contributed by atoms with Gasteiger partial charge in [0, 0.05) is 17.8 Å². The number of aliphatic hydroxyl groups excluding tert-OH is 1. The average molecular weight is 229 g/mol. The molecular formula is C12H11N3O2. The van der Waals surface area contributed by atoms with E-state index < -0.39 is 5.90 Å². The fraction of sp³-hybridized carbons (Fsp3) is 0.0833. The van der Waals surface area contributed by atoms with E-state index in [1.807, 2.05) is 0 Å². The minimum Gasteiger partial charge on any atom is -0.853 e. The molecule has 0 saturated carbocycles. The minimum absolute atomic E-state index is 0.0891. The van der Waals surface area contributed by atoms with Crippen molar-refractivity contribution in [2.45, 2.75) is 6.61 Å². The zero-order chi connectivity index (χ0) is 12.1.